The summed E-state index contributed by atoms with van der Waals surface area (Å²) >= 11 is 0. The van der Waals surface area contributed by atoms with Crippen LogP contribution in [0.2, 0.25) is 0 Å². The molecule has 2 amide bonds. The summed E-state index contributed by atoms with van der Waals surface area (Å²) < 4.78 is 55.4. The number of nitrogens with one attached hydrogen (secondary N) is 1. The maximum atomic E-state index is 12.9. The minimum absolute atomic E-state index is 0.00153. The van der Waals surface area contributed by atoms with Crippen molar-refractivity contribution in [1.82, 2.24) is 14.1 Å². The number of benzene rings is 2. The highest BCUT2D eigenvalue weighted by atomic mass is 32.2. The topological polar surface area (TPSA) is 111 Å². The van der Waals surface area contributed by atoms with Crippen molar-refractivity contribution in [1.29, 1.82) is 0 Å². The van der Waals surface area contributed by atoms with Crippen molar-refractivity contribution in [3.63, 3.8) is 0 Å². The fourth-order valence-corrected chi connectivity index (χ4v) is 5.28. The average Bonchev–Trinajstić information content (AvgIpc) is 3.46. The molecule has 0 saturated heterocycles. The Morgan fingerprint density at radius 2 is 1.88 bits per heavy atom. The smallest absolute Gasteiger partial charge is 0.387 e. The predicted octanol–water partition coefficient (Wildman–Crippen LogP) is 2.69. The molecule has 34 heavy (non-hydrogen) atoms. The molecular weight excluding hydrogens is 470 g/mol. The van der Waals surface area contributed by atoms with E-state index in [4.69, 9.17) is 0 Å². The first-order valence-electron chi connectivity index (χ1n) is 10.3. The lowest BCUT2D eigenvalue weighted by Crippen LogP contribution is -2.29. The minimum Gasteiger partial charge on any atom is -0.435 e. The Morgan fingerprint density at radius 1 is 1.15 bits per heavy atom. The third kappa shape index (κ3) is 3.89. The van der Waals surface area contributed by atoms with Crippen LogP contribution in [0, 0.1) is 0 Å². The first-order valence-corrected chi connectivity index (χ1v) is 11.7. The molecule has 1 aromatic heterocycles. The van der Waals surface area contributed by atoms with E-state index in [1.54, 1.807) is 12.1 Å². The molecule has 0 saturated carbocycles. The molecule has 12 heteroatoms. The molecule has 1 unspecified atom stereocenters. The number of nitrogens with zero attached hydrogens (tertiary/aromatic N) is 3. The van der Waals surface area contributed by atoms with Crippen LogP contribution in [-0.4, -0.2) is 40.9 Å². The molecule has 2 aliphatic rings. The lowest BCUT2D eigenvalue weighted by atomic mass is 9.97. The number of carbonyl (C=O) groups is 2. The summed E-state index contributed by atoms with van der Waals surface area (Å²) in [5.41, 5.74) is 2.49. The fraction of sp³-hybridized carbons (Fsp3) is 0.227. The van der Waals surface area contributed by atoms with E-state index in [0.29, 0.717) is 16.9 Å². The Kier molecular flexibility index (Phi) is 5.31. The normalized spacial score (nSPS) is 17.0. The number of fused-ring (bicyclic) bond motifs is 2. The summed E-state index contributed by atoms with van der Waals surface area (Å²) in [5, 5.41) is 6.90. The van der Waals surface area contributed by atoms with Crippen LogP contribution in [0.4, 0.5) is 14.5 Å². The lowest BCUT2D eigenvalue weighted by Gasteiger charge is -2.18. The summed E-state index contributed by atoms with van der Waals surface area (Å²) in [4.78, 5) is 26.5. The number of alkyl halides is 2. The minimum atomic E-state index is -4.05. The number of anilines is 1. The Balaban J connectivity index is 1.28. The van der Waals surface area contributed by atoms with Crippen molar-refractivity contribution in [3.8, 4) is 5.75 Å². The van der Waals surface area contributed by atoms with Gasteiger partial charge in [-0.2, -0.15) is 26.4 Å². The molecule has 0 spiro atoms. The molecular formula is C22H18F2N4O5S. The zero-order chi connectivity index (χ0) is 24.0. The summed E-state index contributed by atoms with van der Waals surface area (Å²) in [6.45, 7) is -2.73. The molecule has 176 valence electrons. The zero-order valence-corrected chi connectivity index (χ0v) is 18.3. The summed E-state index contributed by atoms with van der Waals surface area (Å²) in [5.74, 6) is -1.20. The SMILES string of the molecule is O=C1Nc2ccccc2C1CC(=O)N1Cc2cn(S(=O)(=O)c3ccc(OC(F)F)cc3)nc2C1. The quantitative estimate of drug-likeness (QED) is 0.571. The number of amides is 2. The van der Waals surface area contributed by atoms with Crippen LogP contribution in [0.1, 0.15) is 29.2 Å². The number of ether oxygens (including phenoxy) is 1. The van der Waals surface area contributed by atoms with Crippen molar-refractivity contribution >= 4 is 27.5 Å². The van der Waals surface area contributed by atoms with Gasteiger partial charge < -0.3 is 15.0 Å². The van der Waals surface area contributed by atoms with Crippen LogP contribution in [0.15, 0.2) is 59.6 Å². The van der Waals surface area contributed by atoms with Crippen LogP contribution in [0.5, 0.6) is 5.75 Å². The van der Waals surface area contributed by atoms with E-state index >= 15 is 0 Å². The third-order valence-electron chi connectivity index (χ3n) is 5.79. The van der Waals surface area contributed by atoms with Crippen LogP contribution in [0.25, 0.3) is 0 Å². The molecule has 0 aliphatic carbocycles. The largest absolute Gasteiger partial charge is 0.435 e. The zero-order valence-electron chi connectivity index (χ0n) is 17.5. The van der Waals surface area contributed by atoms with E-state index in [0.717, 1.165) is 33.9 Å². The van der Waals surface area contributed by atoms with Gasteiger partial charge in [-0.15, -0.1) is 0 Å². The molecule has 0 fully saturated rings. The molecule has 0 bridgehead atoms. The van der Waals surface area contributed by atoms with Gasteiger partial charge in [0.05, 0.1) is 23.1 Å². The molecule has 2 aromatic carbocycles. The van der Waals surface area contributed by atoms with E-state index in [1.807, 2.05) is 12.1 Å². The Labute approximate surface area is 193 Å². The summed E-state index contributed by atoms with van der Waals surface area (Å²) in [6.07, 6.45) is 1.33. The second kappa shape index (κ2) is 8.20. The molecule has 1 atom stereocenters. The number of aromatic nitrogens is 2. The van der Waals surface area contributed by atoms with Gasteiger partial charge in [-0.3, -0.25) is 9.59 Å². The first kappa shape index (κ1) is 22.0. The molecule has 0 radical (unpaired) electrons. The van der Waals surface area contributed by atoms with E-state index in [1.165, 1.54) is 11.1 Å². The average molecular weight is 488 g/mol. The number of halogens is 2. The maximum absolute atomic E-state index is 12.9. The van der Waals surface area contributed by atoms with Crippen LogP contribution >= 0.6 is 0 Å². The van der Waals surface area contributed by atoms with Crippen molar-refractivity contribution in [2.24, 2.45) is 0 Å². The predicted molar refractivity (Wildman–Crippen MR) is 115 cm³/mol. The van der Waals surface area contributed by atoms with Crippen LogP contribution in [-0.2, 0) is 32.7 Å². The molecule has 5 rings (SSSR count). The van der Waals surface area contributed by atoms with E-state index < -0.39 is 22.6 Å². The highest BCUT2D eigenvalue weighted by molar-refractivity contribution is 7.89. The van der Waals surface area contributed by atoms with Crippen molar-refractivity contribution < 1.29 is 31.5 Å². The van der Waals surface area contributed by atoms with Crippen molar-refractivity contribution in [2.45, 2.75) is 36.9 Å². The number of hydrogen-bond acceptors (Lipinski definition) is 6. The fourth-order valence-electron chi connectivity index (χ4n) is 4.11. The second-order valence-corrected chi connectivity index (χ2v) is 9.71. The second-order valence-electron chi connectivity index (χ2n) is 7.91. The maximum Gasteiger partial charge on any atom is 0.387 e. The highest BCUT2D eigenvalue weighted by Gasteiger charge is 2.35. The highest BCUT2D eigenvalue weighted by Crippen LogP contribution is 2.35. The Morgan fingerprint density at radius 3 is 2.59 bits per heavy atom. The van der Waals surface area contributed by atoms with Crippen molar-refractivity contribution in [3.05, 3.63) is 71.5 Å². The number of rotatable bonds is 6. The third-order valence-corrected chi connectivity index (χ3v) is 7.34. The van der Waals surface area contributed by atoms with Gasteiger partial charge in [-0.25, -0.2) is 0 Å². The number of para-hydroxylation sites is 1. The van der Waals surface area contributed by atoms with Crippen LogP contribution in [0.3, 0.4) is 0 Å². The van der Waals surface area contributed by atoms with Gasteiger partial charge in [0.25, 0.3) is 10.0 Å². The first-order chi connectivity index (χ1) is 16.2. The Hall–Kier alpha value is -3.80. The van der Waals surface area contributed by atoms with Gasteiger partial charge in [0.15, 0.2) is 0 Å². The van der Waals surface area contributed by atoms with Crippen LogP contribution < -0.4 is 10.1 Å². The number of carbonyl (C=O) groups excluding carboxylic acids is 2. The molecule has 1 N–H and O–H groups in total. The van der Waals surface area contributed by atoms with Gasteiger partial charge in [0.1, 0.15) is 5.75 Å². The van der Waals surface area contributed by atoms with E-state index in [2.05, 4.69) is 15.2 Å². The Bertz CT molecular complexity index is 1370. The monoisotopic (exact) mass is 488 g/mol. The van der Waals surface area contributed by atoms with E-state index in [9.17, 15) is 26.8 Å². The van der Waals surface area contributed by atoms with Crippen molar-refractivity contribution in [2.75, 3.05) is 5.32 Å². The summed E-state index contributed by atoms with van der Waals surface area (Å²) in [7, 11) is -4.05. The van der Waals surface area contributed by atoms with Gasteiger partial charge in [-0.1, -0.05) is 18.2 Å². The molecule has 3 heterocycles. The lowest BCUT2D eigenvalue weighted by molar-refractivity contribution is -0.134. The number of hydrogen-bond donors (Lipinski definition) is 1. The molecule has 3 aromatic rings. The van der Waals surface area contributed by atoms with Gasteiger partial charge in [0.2, 0.25) is 11.8 Å². The molecule has 9 nitrogen and oxygen atoms in total. The molecule has 2 aliphatic heterocycles. The standard InChI is InChI=1S/C22H18F2N4O5S/c23-22(24)33-14-5-7-15(8-6-14)34(31,32)28-11-13-10-27(12-19(13)26-28)20(29)9-17-16-3-1-2-4-18(16)25-21(17)30/h1-8,11,17,22H,9-10,12H2,(H,25,30). The van der Waals surface area contributed by atoms with Gasteiger partial charge in [-0.05, 0) is 35.9 Å². The van der Waals surface area contributed by atoms with E-state index in [-0.39, 0.29) is 42.0 Å². The summed E-state index contributed by atoms with van der Waals surface area (Å²) in [6, 6.07) is 11.8. The van der Waals surface area contributed by atoms with Gasteiger partial charge in [0, 0.05) is 30.4 Å². The van der Waals surface area contributed by atoms with Gasteiger partial charge >= 0.3 is 6.61 Å².